The number of urea groups is 1. The van der Waals surface area contributed by atoms with Crippen LogP contribution in [0.25, 0.3) is 0 Å². The van der Waals surface area contributed by atoms with Gasteiger partial charge in [-0.3, -0.25) is 14.5 Å². The molecule has 3 rings (SSSR count). The molecule has 170 valence electrons. The van der Waals surface area contributed by atoms with Gasteiger partial charge in [-0.15, -0.1) is 0 Å². The van der Waals surface area contributed by atoms with Gasteiger partial charge in [0.25, 0.3) is 0 Å². The molecule has 0 aromatic heterocycles. The SMILES string of the molecule is CNC(=O)CN1CC2(CCC(c3ccccc3)(N(C)C)CC2)N(CC(=O)N(C)C)C1=O. The lowest BCUT2D eigenvalue weighted by molar-refractivity contribution is -0.130. The number of nitrogens with zero attached hydrogens (tertiary/aromatic N) is 4. The zero-order valence-corrected chi connectivity index (χ0v) is 19.4. The van der Waals surface area contributed by atoms with Crippen LogP contribution in [0.2, 0.25) is 0 Å². The number of benzene rings is 1. The van der Waals surface area contributed by atoms with E-state index >= 15 is 0 Å². The van der Waals surface area contributed by atoms with Crippen LogP contribution in [0.1, 0.15) is 31.2 Å². The van der Waals surface area contributed by atoms with Gasteiger partial charge in [-0.05, 0) is 45.3 Å². The molecule has 1 aliphatic heterocycles. The summed E-state index contributed by atoms with van der Waals surface area (Å²) < 4.78 is 0. The molecule has 0 bridgehead atoms. The van der Waals surface area contributed by atoms with Gasteiger partial charge in [-0.25, -0.2) is 4.79 Å². The van der Waals surface area contributed by atoms with Gasteiger partial charge in [0.05, 0.1) is 5.54 Å². The number of amides is 4. The Bertz CT molecular complexity index is 816. The van der Waals surface area contributed by atoms with E-state index in [-0.39, 0.29) is 36.5 Å². The highest BCUT2D eigenvalue weighted by atomic mass is 16.2. The summed E-state index contributed by atoms with van der Waals surface area (Å²) in [5, 5.41) is 2.59. The molecule has 0 radical (unpaired) electrons. The molecule has 2 fully saturated rings. The number of carbonyl (C=O) groups is 3. The average molecular weight is 430 g/mol. The topological polar surface area (TPSA) is 76.2 Å². The molecule has 1 aliphatic carbocycles. The van der Waals surface area contributed by atoms with Crippen LogP contribution in [0.5, 0.6) is 0 Å². The Kier molecular flexibility index (Phi) is 6.59. The van der Waals surface area contributed by atoms with E-state index in [9.17, 15) is 14.4 Å². The maximum absolute atomic E-state index is 13.2. The van der Waals surface area contributed by atoms with Gasteiger partial charge in [0.1, 0.15) is 13.1 Å². The molecular weight excluding hydrogens is 394 g/mol. The fraction of sp³-hybridized carbons (Fsp3) is 0.609. The zero-order chi connectivity index (χ0) is 22.8. The second-order valence-corrected chi connectivity index (χ2v) is 9.20. The van der Waals surface area contributed by atoms with Crippen molar-refractivity contribution in [3.8, 4) is 0 Å². The number of rotatable bonds is 6. The van der Waals surface area contributed by atoms with Crippen molar-refractivity contribution in [2.45, 2.75) is 36.8 Å². The molecule has 1 aromatic carbocycles. The van der Waals surface area contributed by atoms with E-state index in [1.807, 2.05) is 6.07 Å². The minimum atomic E-state index is -0.439. The van der Waals surface area contributed by atoms with Crippen molar-refractivity contribution in [2.24, 2.45) is 0 Å². The molecule has 1 saturated heterocycles. The first kappa shape index (κ1) is 23.1. The van der Waals surface area contributed by atoms with E-state index in [4.69, 9.17) is 0 Å². The van der Waals surface area contributed by atoms with Crippen LogP contribution in [0.3, 0.4) is 0 Å². The Hall–Kier alpha value is -2.61. The summed E-state index contributed by atoms with van der Waals surface area (Å²) in [6.45, 7) is 0.524. The average Bonchev–Trinajstić information content (AvgIpc) is 3.00. The summed E-state index contributed by atoms with van der Waals surface area (Å²) in [4.78, 5) is 44.9. The third-order valence-corrected chi connectivity index (χ3v) is 7.14. The molecule has 0 atom stereocenters. The Morgan fingerprint density at radius 1 is 1.00 bits per heavy atom. The van der Waals surface area contributed by atoms with Crippen LogP contribution in [0.15, 0.2) is 30.3 Å². The fourth-order valence-electron chi connectivity index (χ4n) is 5.07. The molecule has 1 saturated carbocycles. The molecule has 1 spiro atoms. The van der Waals surface area contributed by atoms with Gasteiger partial charge in [-0.2, -0.15) is 0 Å². The second-order valence-electron chi connectivity index (χ2n) is 9.20. The lowest BCUT2D eigenvalue weighted by Crippen LogP contribution is -2.57. The van der Waals surface area contributed by atoms with Crippen molar-refractivity contribution in [3.05, 3.63) is 35.9 Å². The van der Waals surface area contributed by atoms with Gasteiger partial charge in [0.2, 0.25) is 11.8 Å². The van der Waals surface area contributed by atoms with Gasteiger partial charge in [-0.1, -0.05) is 30.3 Å². The van der Waals surface area contributed by atoms with Crippen molar-refractivity contribution in [3.63, 3.8) is 0 Å². The van der Waals surface area contributed by atoms with Crippen molar-refractivity contribution < 1.29 is 14.4 Å². The monoisotopic (exact) mass is 429 g/mol. The van der Waals surface area contributed by atoms with E-state index in [2.05, 4.69) is 48.6 Å². The zero-order valence-electron chi connectivity index (χ0n) is 19.4. The third-order valence-electron chi connectivity index (χ3n) is 7.14. The summed E-state index contributed by atoms with van der Waals surface area (Å²) >= 11 is 0. The fourth-order valence-corrected chi connectivity index (χ4v) is 5.07. The molecule has 1 N–H and O–H groups in total. The number of nitrogens with one attached hydrogen (secondary N) is 1. The van der Waals surface area contributed by atoms with Crippen molar-refractivity contribution in [1.29, 1.82) is 0 Å². The smallest absolute Gasteiger partial charge is 0.321 e. The molecule has 8 nitrogen and oxygen atoms in total. The Balaban J connectivity index is 1.89. The van der Waals surface area contributed by atoms with Crippen molar-refractivity contribution in [1.82, 2.24) is 24.9 Å². The Labute approximate surface area is 185 Å². The largest absolute Gasteiger partial charge is 0.358 e. The maximum Gasteiger partial charge on any atom is 0.321 e. The summed E-state index contributed by atoms with van der Waals surface area (Å²) in [6, 6.07) is 10.3. The van der Waals surface area contributed by atoms with E-state index < -0.39 is 5.54 Å². The van der Waals surface area contributed by atoms with Gasteiger partial charge in [0.15, 0.2) is 0 Å². The molecule has 1 heterocycles. The minimum absolute atomic E-state index is 0.0151. The summed E-state index contributed by atoms with van der Waals surface area (Å²) in [6.07, 6.45) is 3.29. The quantitative estimate of drug-likeness (QED) is 0.740. The van der Waals surface area contributed by atoms with Gasteiger partial charge < -0.3 is 20.0 Å². The molecule has 1 aromatic rings. The van der Waals surface area contributed by atoms with E-state index in [1.54, 1.807) is 30.9 Å². The van der Waals surface area contributed by atoms with Crippen LogP contribution in [0.4, 0.5) is 4.79 Å². The molecule has 8 heteroatoms. The molecular formula is C23H35N5O3. The van der Waals surface area contributed by atoms with Gasteiger partial charge >= 0.3 is 6.03 Å². The molecule has 4 amide bonds. The molecule has 2 aliphatic rings. The predicted octanol–water partition coefficient (Wildman–Crippen LogP) is 1.33. The first-order chi connectivity index (χ1) is 14.6. The second kappa shape index (κ2) is 8.86. The first-order valence-corrected chi connectivity index (χ1v) is 10.9. The lowest BCUT2D eigenvalue weighted by Gasteiger charge is -2.51. The number of hydrogen-bond donors (Lipinski definition) is 1. The lowest BCUT2D eigenvalue weighted by atomic mass is 9.68. The van der Waals surface area contributed by atoms with Crippen LogP contribution in [-0.4, -0.2) is 97.9 Å². The van der Waals surface area contributed by atoms with Crippen LogP contribution < -0.4 is 5.32 Å². The number of hydrogen-bond acceptors (Lipinski definition) is 4. The maximum atomic E-state index is 13.2. The number of likely N-dealkylation sites (N-methyl/N-ethyl adjacent to an activating group) is 2. The Morgan fingerprint density at radius 2 is 1.61 bits per heavy atom. The standard InChI is InChI=1S/C23H35N5O3/c1-24-19(29)15-27-17-22(28(21(27)31)16-20(30)25(2)3)11-13-23(14-12-22,26(4)5)18-9-7-6-8-10-18/h6-10H,11-17H2,1-5H3,(H,24,29). The molecule has 0 unspecified atom stereocenters. The highest BCUT2D eigenvalue weighted by Gasteiger charge is 2.55. The van der Waals surface area contributed by atoms with E-state index in [0.29, 0.717) is 6.54 Å². The van der Waals surface area contributed by atoms with Crippen molar-refractivity contribution >= 4 is 17.8 Å². The summed E-state index contributed by atoms with van der Waals surface area (Å²) in [5.74, 6) is -0.311. The Morgan fingerprint density at radius 3 is 2.13 bits per heavy atom. The van der Waals surface area contributed by atoms with Crippen LogP contribution in [-0.2, 0) is 15.1 Å². The van der Waals surface area contributed by atoms with E-state index in [1.165, 1.54) is 10.5 Å². The van der Waals surface area contributed by atoms with Crippen molar-refractivity contribution in [2.75, 3.05) is 54.9 Å². The van der Waals surface area contributed by atoms with E-state index in [0.717, 1.165) is 25.7 Å². The highest BCUT2D eigenvalue weighted by Crippen LogP contribution is 2.48. The van der Waals surface area contributed by atoms with Crippen LogP contribution >= 0.6 is 0 Å². The third kappa shape index (κ3) is 4.26. The predicted molar refractivity (Wildman–Crippen MR) is 119 cm³/mol. The normalized spacial score (nSPS) is 25.9. The molecule has 31 heavy (non-hydrogen) atoms. The first-order valence-electron chi connectivity index (χ1n) is 10.9. The van der Waals surface area contributed by atoms with Gasteiger partial charge in [0, 0.05) is 33.2 Å². The van der Waals surface area contributed by atoms with Crippen LogP contribution in [0, 0.1) is 0 Å². The number of carbonyl (C=O) groups excluding carboxylic acids is 3. The summed E-state index contributed by atoms with van der Waals surface area (Å²) in [7, 11) is 9.18. The summed E-state index contributed by atoms with van der Waals surface area (Å²) in [5.41, 5.74) is 0.726. The minimum Gasteiger partial charge on any atom is -0.358 e. The highest BCUT2D eigenvalue weighted by molar-refractivity contribution is 5.89.